The lowest BCUT2D eigenvalue weighted by Crippen LogP contribution is -2.29. The van der Waals surface area contributed by atoms with Gasteiger partial charge in [0.05, 0.1) is 13.2 Å². The van der Waals surface area contributed by atoms with E-state index >= 15 is 0 Å². The Bertz CT molecular complexity index is 1500. The summed E-state index contributed by atoms with van der Waals surface area (Å²) in [5, 5.41) is 0. The fourth-order valence-corrected chi connectivity index (χ4v) is 8.71. The van der Waals surface area contributed by atoms with E-state index in [2.05, 4.69) is 111 Å². The Morgan fingerprint density at radius 1 is 0.431 bits per heavy atom. The van der Waals surface area contributed by atoms with Crippen LogP contribution in [0.15, 0.2) is 97.2 Å². The van der Waals surface area contributed by atoms with Crippen LogP contribution in [0.25, 0.3) is 0 Å². The normalized spacial score (nSPS) is 13.8. The smallest absolute Gasteiger partial charge is 0.462 e. The first kappa shape index (κ1) is 68.9. The molecule has 3 N–H and O–H groups in total. The van der Waals surface area contributed by atoms with Gasteiger partial charge in [-0.05, 0) is 77.0 Å². The second kappa shape index (κ2) is 57.2. The predicted molar refractivity (Wildman–Crippen MR) is 307 cm³/mol. The fourth-order valence-electron chi connectivity index (χ4n) is 7.95. The van der Waals surface area contributed by atoms with Crippen molar-refractivity contribution in [3.63, 3.8) is 0 Å². The Morgan fingerprint density at radius 2 is 0.764 bits per heavy atom. The average molecular weight is 1030 g/mol. The van der Waals surface area contributed by atoms with E-state index in [0.29, 0.717) is 6.42 Å². The summed E-state index contributed by atoms with van der Waals surface area (Å²) in [6.45, 7) is 3.64. The van der Waals surface area contributed by atoms with Crippen LogP contribution in [-0.2, 0) is 32.7 Å². The molecule has 2 atom stereocenters. The summed E-state index contributed by atoms with van der Waals surface area (Å²) in [7, 11) is -4.39. The molecule has 0 rings (SSSR count). The van der Waals surface area contributed by atoms with Crippen LogP contribution in [0.5, 0.6) is 0 Å². The Balaban J connectivity index is 3.92. The van der Waals surface area contributed by atoms with Gasteiger partial charge >= 0.3 is 19.8 Å². The third kappa shape index (κ3) is 56.2. The molecule has 0 aliphatic rings. The summed E-state index contributed by atoms with van der Waals surface area (Å²) < 4.78 is 33.0. The van der Waals surface area contributed by atoms with Gasteiger partial charge in [-0.1, -0.05) is 259 Å². The quantitative estimate of drug-likeness (QED) is 0.0264. The van der Waals surface area contributed by atoms with Crippen molar-refractivity contribution in [2.45, 2.75) is 258 Å². The highest BCUT2D eigenvalue weighted by Crippen LogP contribution is 2.43. The molecule has 0 aromatic carbocycles. The maximum atomic E-state index is 12.7. The lowest BCUT2D eigenvalue weighted by Gasteiger charge is -2.19. The van der Waals surface area contributed by atoms with E-state index in [9.17, 15) is 19.0 Å². The topological polar surface area (TPSA) is 134 Å². The van der Waals surface area contributed by atoms with Crippen molar-refractivity contribution < 1.29 is 37.6 Å². The van der Waals surface area contributed by atoms with Crippen LogP contribution >= 0.6 is 7.82 Å². The number of carbonyl (C=O) groups is 2. The van der Waals surface area contributed by atoms with Gasteiger partial charge in [0.2, 0.25) is 0 Å². The average Bonchev–Trinajstić information content (AvgIpc) is 3.37. The zero-order valence-electron chi connectivity index (χ0n) is 46.1. The van der Waals surface area contributed by atoms with Crippen LogP contribution in [0.3, 0.4) is 0 Å². The number of carbonyl (C=O) groups excluding carboxylic acids is 2. The minimum atomic E-state index is -4.39. The number of hydrogen-bond donors (Lipinski definition) is 2. The molecule has 9 nitrogen and oxygen atoms in total. The third-order valence-corrected chi connectivity index (χ3v) is 13.2. The largest absolute Gasteiger partial charge is 0.472 e. The van der Waals surface area contributed by atoms with Crippen molar-refractivity contribution in [2.24, 2.45) is 5.73 Å². The third-order valence-electron chi connectivity index (χ3n) is 12.2. The minimum absolute atomic E-state index is 0.0511. The van der Waals surface area contributed by atoms with Crippen molar-refractivity contribution in [3.05, 3.63) is 97.2 Å². The molecule has 0 bridgehead atoms. The molecule has 0 radical (unpaired) electrons. The standard InChI is InChI=1S/C62H108NO8P/c1-3-5-7-9-11-13-15-17-19-20-21-22-23-24-25-26-27-28-29-30-31-32-33-34-35-36-37-38-39-40-41-43-45-47-49-51-53-55-62(65)71-60(59-70-72(66,67)69-57-56-63)58-68-61(64)54-52-50-48-46-44-42-18-16-14-12-10-8-6-4-2/h5,7,11,13,17,19,21-22,24-25,27-28,30-31,33-34,60H,3-4,6,8-10,12,14-16,18,20,23,26,29,32,35-59,63H2,1-2H3,(H,66,67)/b7-5-,13-11-,19-17-,22-21-,25-24-,28-27-,31-30-,34-33-. The summed E-state index contributed by atoms with van der Waals surface area (Å²) in [4.78, 5) is 35.1. The summed E-state index contributed by atoms with van der Waals surface area (Å²) in [6, 6.07) is 0. The van der Waals surface area contributed by atoms with Crippen LogP contribution < -0.4 is 5.73 Å². The van der Waals surface area contributed by atoms with Gasteiger partial charge in [-0.15, -0.1) is 0 Å². The molecule has 0 heterocycles. The number of esters is 2. The second-order valence-electron chi connectivity index (χ2n) is 19.1. The maximum absolute atomic E-state index is 12.7. The van der Waals surface area contributed by atoms with Crippen molar-refractivity contribution in [1.29, 1.82) is 0 Å². The number of hydrogen-bond acceptors (Lipinski definition) is 8. The molecule has 0 aromatic heterocycles. The van der Waals surface area contributed by atoms with Gasteiger partial charge < -0.3 is 20.1 Å². The molecule has 72 heavy (non-hydrogen) atoms. The van der Waals surface area contributed by atoms with Gasteiger partial charge in [0.25, 0.3) is 0 Å². The molecule has 10 heteroatoms. The van der Waals surface area contributed by atoms with Crippen molar-refractivity contribution in [2.75, 3.05) is 26.4 Å². The van der Waals surface area contributed by atoms with E-state index in [-0.39, 0.29) is 38.6 Å². The van der Waals surface area contributed by atoms with Crippen LogP contribution in [0.2, 0.25) is 0 Å². The fraction of sp³-hybridized carbons (Fsp3) is 0.710. The number of unbranched alkanes of at least 4 members (excludes halogenated alkanes) is 25. The van der Waals surface area contributed by atoms with E-state index in [4.69, 9.17) is 24.3 Å². The lowest BCUT2D eigenvalue weighted by molar-refractivity contribution is -0.161. The number of phosphoric ester groups is 1. The SMILES string of the molecule is CC/C=C\C/C=C\C/C=C\C/C=C\C/C=C\C/C=C\C/C=C\C/C=C\CCCCCCCCCCCCCCC(=O)OC(COC(=O)CCCCCCCCCCCCCCCC)COP(=O)(O)OCCN. The van der Waals surface area contributed by atoms with Crippen molar-refractivity contribution in [3.8, 4) is 0 Å². The molecule has 0 aliphatic carbocycles. The highest BCUT2D eigenvalue weighted by atomic mass is 31.2. The molecule has 2 unspecified atom stereocenters. The number of ether oxygens (including phenoxy) is 2. The van der Waals surface area contributed by atoms with Gasteiger partial charge in [-0.3, -0.25) is 18.6 Å². The zero-order chi connectivity index (χ0) is 52.4. The van der Waals surface area contributed by atoms with E-state index in [1.165, 1.54) is 128 Å². The number of phosphoric acid groups is 1. The van der Waals surface area contributed by atoms with E-state index in [1.807, 2.05) is 0 Å². The van der Waals surface area contributed by atoms with Crippen LogP contribution in [-0.4, -0.2) is 49.3 Å². The molecular formula is C62H108NO8P. The molecule has 414 valence electrons. The van der Waals surface area contributed by atoms with Gasteiger partial charge in [-0.2, -0.15) is 0 Å². The van der Waals surface area contributed by atoms with Gasteiger partial charge in [-0.25, -0.2) is 4.57 Å². The van der Waals surface area contributed by atoms with Gasteiger partial charge in [0.1, 0.15) is 6.61 Å². The predicted octanol–water partition coefficient (Wildman–Crippen LogP) is 18.5. The number of rotatable bonds is 54. The zero-order valence-corrected chi connectivity index (χ0v) is 47.0. The van der Waals surface area contributed by atoms with E-state index in [0.717, 1.165) is 89.9 Å². The Morgan fingerprint density at radius 3 is 1.14 bits per heavy atom. The molecule has 0 aliphatic heterocycles. The first-order valence-corrected chi connectivity index (χ1v) is 30.7. The molecule has 0 amide bonds. The summed E-state index contributed by atoms with van der Waals surface area (Å²) in [5.74, 6) is -0.826. The summed E-state index contributed by atoms with van der Waals surface area (Å²) >= 11 is 0. The van der Waals surface area contributed by atoms with Crippen molar-refractivity contribution in [1.82, 2.24) is 0 Å². The van der Waals surface area contributed by atoms with Crippen LogP contribution in [0.1, 0.15) is 251 Å². The molecule has 0 aromatic rings. The van der Waals surface area contributed by atoms with E-state index in [1.54, 1.807) is 0 Å². The monoisotopic (exact) mass is 1030 g/mol. The second-order valence-corrected chi connectivity index (χ2v) is 20.6. The Kier molecular flexibility index (Phi) is 54.8. The molecule has 0 spiro atoms. The summed E-state index contributed by atoms with van der Waals surface area (Å²) in [5.41, 5.74) is 5.37. The van der Waals surface area contributed by atoms with Gasteiger partial charge in [0.15, 0.2) is 6.10 Å². The first-order chi connectivity index (χ1) is 35.3. The van der Waals surface area contributed by atoms with Gasteiger partial charge in [0, 0.05) is 19.4 Å². The minimum Gasteiger partial charge on any atom is -0.462 e. The number of nitrogens with two attached hydrogens (primary N) is 1. The molecule has 0 fully saturated rings. The van der Waals surface area contributed by atoms with Crippen molar-refractivity contribution >= 4 is 19.8 Å². The highest BCUT2D eigenvalue weighted by Gasteiger charge is 2.26. The van der Waals surface area contributed by atoms with E-state index < -0.39 is 26.5 Å². The summed E-state index contributed by atoms with van der Waals surface area (Å²) in [6.07, 6.45) is 76.1. The number of allylic oxidation sites excluding steroid dienone is 16. The molecule has 0 saturated carbocycles. The Hall–Kier alpha value is -3.07. The van der Waals surface area contributed by atoms with Crippen LogP contribution in [0, 0.1) is 0 Å². The maximum Gasteiger partial charge on any atom is 0.472 e. The Labute approximate surface area is 442 Å². The highest BCUT2D eigenvalue weighted by molar-refractivity contribution is 7.47. The first-order valence-electron chi connectivity index (χ1n) is 29.2. The lowest BCUT2D eigenvalue weighted by atomic mass is 10.0. The van der Waals surface area contributed by atoms with Crippen LogP contribution in [0.4, 0.5) is 0 Å². The molecule has 0 saturated heterocycles. The molecular weight excluding hydrogens is 918 g/mol.